The molecule has 1 heterocycles. The van der Waals surface area contributed by atoms with Crippen molar-refractivity contribution >= 4 is 11.4 Å². The number of nitrogens with zero attached hydrogens (tertiary/aromatic N) is 1. The molecule has 2 nitrogen and oxygen atoms in total. The second-order valence-corrected chi connectivity index (χ2v) is 4.91. The molecule has 0 bridgehead atoms. The Kier molecular flexibility index (Phi) is 2.85. The Morgan fingerprint density at radius 1 is 1.13 bits per heavy atom. The third kappa shape index (κ3) is 2.25. The highest BCUT2D eigenvalue weighted by atomic mass is 15.1. The molecule has 1 aromatic carbocycles. The number of nitrogen functional groups attached to an aromatic ring is 1. The summed E-state index contributed by atoms with van der Waals surface area (Å²) in [5.74, 6) is 1.54. The molecule has 1 aliphatic rings. The number of rotatable bonds is 1. The molecule has 2 atom stereocenters. The molecule has 1 saturated heterocycles. The van der Waals surface area contributed by atoms with Crippen molar-refractivity contribution in [3.05, 3.63) is 24.3 Å². The van der Waals surface area contributed by atoms with E-state index < -0.39 is 0 Å². The van der Waals surface area contributed by atoms with E-state index in [1.807, 2.05) is 12.1 Å². The molecule has 2 heteroatoms. The molecule has 2 unspecified atom stereocenters. The van der Waals surface area contributed by atoms with Crippen LogP contribution in [0.15, 0.2) is 24.3 Å². The van der Waals surface area contributed by atoms with E-state index in [0.29, 0.717) is 0 Å². The van der Waals surface area contributed by atoms with Crippen LogP contribution in [0.1, 0.15) is 20.3 Å². The Bertz CT molecular complexity index is 325. The summed E-state index contributed by atoms with van der Waals surface area (Å²) in [5, 5.41) is 0. The van der Waals surface area contributed by atoms with Crippen LogP contribution < -0.4 is 10.6 Å². The Morgan fingerprint density at radius 2 is 1.73 bits per heavy atom. The van der Waals surface area contributed by atoms with Gasteiger partial charge in [-0.1, -0.05) is 26.0 Å². The van der Waals surface area contributed by atoms with E-state index >= 15 is 0 Å². The second-order valence-electron chi connectivity index (χ2n) is 4.91. The van der Waals surface area contributed by atoms with E-state index in [2.05, 4.69) is 30.9 Å². The number of benzene rings is 1. The zero-order valence-corrected chi connectivity index (χ0v) is 9.61. The maximum Gasteiger partial charge on any atom is 0.0600 e. The molecule has 1 aromatic rings. The van der Waals surface area contributed by atoms with Crippen molar-refractivity contribution in [3.63, 3.8) is 0 Å². The molecule has 82 valence electrons. The molecule has 0 aliphatic carbocycles. The highest BCUT2D eigenvalue weighted by Crippen LogP contribution is 2.29. The molecule has 2 rings (SSSR count). The predicted molar refractivity (Wildman–Crippen MR) is 66.0 cm³/mol. The number of nitrogens with two attached hydrogens (primary N) is 1. The molecule has 0 aromatic heterocycles. The lowest BCUT2D eigenvalue weighted by atomic mass is 9.91. The summed E-state index contributed by atoms with van der Waals surface area (Å²) in [6.07, 6.45) is 1.34. The van der Waals surface area contributed by atoms with Crippen LogP contribution in [0.25, 0.3) is 0 Å². The fourth-order valence-corrected chi connectivity index (χ4v) is 2.64. The first kappa shape index (κ1) is 10.3. The van der Waals surface area contributed by atoms with Gasteiger partial charge in [0.15, 0.2) is 0 Å². The Morgan fingerprint density at radius 3 is 2.33 bits per heavy atom. The van der Waals surface area contributed by atoms with E-state index in [9.17, 15) is 0 Å². The van der Waals surface area contributed by atoms with E-state index in [0.717, 1.165) is 30.6 Å². The van der Waals surface area contributed by atoms with Crippen LogP contribution in [0.5, 0.6) is 0 Å². The molecule has 1 fully saturated rings. The minimum atomic E-state index is 0.772. The van der Waals surface area contributed by atoms with Gasteiger partial charge in [-0.05, 0) is 30.4 Å². The normalized spacial score (nSPS) is 26.7. The summed E-state index contributed by atoms with van der Waals surface area (Å²) in [7, 11) is 0. The number of hydrogen-bond acceptors (Lipinski definition) is 2. The summed E-state index contributed by atoms with van der Waals surface area (Å²) >= 11 is 0. The Balaban J connectivity index is 2.20. The number of hydrogen-bond donors (Lipinski definition) is 1. The van der Waals surface area contributed by atoms with Gasteiger partial charge in [0.05, 0.1) is 11.4 Å². The predicted octanol–water partition coefficient (Wildman–Crippen LogP) is 2.75. The van der Waals surface area contributed by atoms with Crippen molar-refractivity contribution in [2.24, 2.45) is 11.8 Å². The quantitative estimate of drug-likeness (QED) is 0.713. The fraction of sp³-hybridized carbons (Fsp3) is 0.538. The molecule has 0 amide bonds. The monoisotopic (exact) mass is 204 g/mol. The highest BCUT2D eigenvalue weighted by molar-refractivity contribution is 5.67. The van der Waals surface area contributed by atoms with Crippen LogP contribution >= 0.6 is 0 Å². The summed E-state index contributed by atoms with van der Waals surface area (Å²) in [6.45, 7) is 6.92. The lowest BCUT2D eigenvalue weighted by Crippen LogP contribution is -2.39. The molecule has 0 radical (unpaired) electrons. The number of para-hydroxylation sites is 2. The molecule has 2 N–H and O–H groups in total. The van der Waals surface area contributed by atoms with Crippen molar-refractivity contribution < 1.29 is 0 Å². The zero-order chi connectivity index (χ0) is 10.8. The van der Waals surface area contributed by atoms with Gasteiger partial charge in [-0.3, -0.25) is 0 Å². The van der Waals surface area contributed by atoms with Crippen LogP contribution in [-0.2, 0) is 0 Å². The van der Waals surface area contributed by atoms with Gasteiger partial charge in [0, 0.05) is 13.1 Å². The third-order valence-corrected chi connectivity index (χ3v) is 3.15. The molecular formula is C13H20N2. The van der Waals surface area contributed by atoms with E-state index in [1.165, 1.54) is 12.1 Å². The third-order valence-electron chi connectivity index (χ3n) is 3.15. The Labute approximate surface area is 92.1 Å². The van der Waals surface area contributed by atoms with Crippen LogP contribution in [0, 0.1) is 11.8 Å². The van der Waals surface area contributed by atoms with Crippen molar-refractivity contribution in [2.75, 3.05) is 23.7 Å². The molecule has 0 saturated carbocycles. The first-order valence-electron chi connectivity index (χ1n) is 5.76. The lowest BCUT2D eigenvalue weighted by Gasteiger charge is -2.37. The lowest BCUT2D eigenvalue weighted by molar-refractivity contribution is 0.357. The first-order chi connectivity index (χ1) is 7.16. The van der Waals surface area contributed by atoms with Gasteiger partial charge in [0.2, 0.25) is 0 Å². The van der Waals surface area contributed by atoms with Gasteiger partial charge in [0.25, 0.3) is 0 Å². The summed E-state index contributed by atoms with van der Waals surface area (Å²) in [5.41, 5.74) is 8.11. The van der Waals surface area contributed by atoms with Gasteiger partial charge in [-0.25, -0.2) is 0 Å². The van der Waals surface area contributed by atoms with Gasteiger partial charge in [0.1, 0.15) is 0 Å². The Hall–Kier alpha value is -1.18. The smallest absolute Gasteiger partial charge is 0.0600 e. The minimum absolute atomic E-state index is 0.772. The van der Waals surface area contributed by atoms with Crippen molar-refractivity contribution in [1.29, 1.82) is 0 Å². The minimum Gasteiger partial charge on any atom is -0.397 e. The van der Waals surface area contributed by atoms with Gasteiger partial charge < -0.3 is 10.6 Å². The largest absolute Gasteiger partial charge is 0.397 e. The first-order valence-corrected chi connectivity index (χ1v) is 5.76. The van der Waals surface area contributed by atoms with Gasteiger partial charge in [-0.2, -0.15) is 0 Å². The number of piperidine rings is 1. The standard InChI is InChI=1S/C13H20N2/c1-10-7-11(2)9-15(8-10)13-6-4-3-5-12(13)14/h3-6,10-11H,7-9,14H2,1-2H3. The summed E-state index contributed by atoms with van der Waals surface area (Å²) < 4.78 is 0. The fourth-order valence-electron chi connectivity index (χ4n) is 2.64. The van der Waals surface area contributed by atoms with E-state index in [1.54, 1.807) is 0 Å². The number of anilines is 2. The van der Waals surface area contributed by atoms with E-state index in [-0.39, 0.29) is 0 Å². The maximum atomic E-state index is 6.00. The average molecular weight is 204 g/mol. The molecule has 0 spiro atoms. The summed E-state index contributed by atoms with van der Waals surface area (Å²) in [4.78, 5) is 2.42. The van der Waals surface area contributed by atoms with Crippen LogP contribution in [0.4, 0.5) is 11.4 Å². The molecule has 1 aliphatic heterocycles. The van der Waals surface area contributed by atoms with Crippen molar-refractivity contribution in [2.45, 2.75) is 20.3 Å². The summed E-state index contributed by atoms with van der Waals surface area (Å²) in [6, 6.07) is 8.17. The molecule has 15 heavy (non-hydrogen) atoms. The SMILES string of the molecule is CC1CC(C)CN(c2ccccc2N)C1. The van der Waals surface area contributed by atoms with Crippen LogP contribution in [-0.4, -0.2) is 13.1 Å². The van der Waals surface area contributed by atoms with Crippen LogP contribution in [0.3, 0.4) is 0 Å². The van der Waals surface area contributed by atoms with Crippen molar-refractivity contribution in [1.82, 2.24) is 0 Å². The average Bonchev–Trinajstić information content (AvgIpc) is 2.16. The topological polar surface area (TPSA) is 29.3 Å². The van der Waals surface area contributed by atoms with Crippen LogP contribution in [0.2, 0.25) is 0 Å². The zero-order valence-electron chi connectivity index (χ0n) is 9.61. The van der Waals surface area contributed by atoms with E-state index in [4.69, 9.17) is 5.73 Å². The second kappa shape index (κ2) is 4.13. The van der Waals surface area contributed by atoms with Gasteiger partial charge in [-0.15, -0.1) is 0 Å². The highest BCUT2D eigenvalue weighted by Gasteiger charge is 2.22. The maximum absolute atomic E-state index is 6.00. The molecular weight excluding hydrogens is 184 g/mol. The van der Waals surface area contributed by atoms with Gasteiger partial charge >= 0.3 is 0 Å². The van der Waals surface area contributed by atoms with Crippen molar-refractivity contribution in [3.8, 4) is 0 Å².